The van der Waals surface area contributed by atoms with Crippen molar-refractivity contribution in [3.05, 3.63) is 54.3 Å². The fourth-order valence-corrected chi connectivity index (χ4v) is 4.26. The molecule has 2 amide bonds. The van der Waals surface area contributed by atoms with Crippen LogP contribution in [0.2, 0.25) is 0 Å². The molecule has 4 rings (SSSR count). The lowest BCUT2D eigenvalue weighted by molar-refractivity contribution is -0.117. The number of carbonyl (C=O) groups is 2. The summed E-state index contributed by atoms with van der Waals surface area (Å²) in [7, 11) is 0. The number of para-hydroxylation sites is 1. The molecule has 0 unspecified atom stereocenters. The first-order valence-electron chi connectivity index (χ1n) is 11.0. The maximum absolute atomic E-state index is 14.4. The first-order chi connectivity index (χ1) is 15.1. The van der Waals surface area contributed by atoms with Crippen molar-refractivity contribution in [2.45, 2.75) is 25.7 Å². The molecule has 164 valence electrons. The molecule has 2 aliphatic rings. The molecule has 0 aromatic heterocycles. The summed E-state index contributed by atoms with van der Waals surface area (Å²) in [5.74, 6) is -0.656. The second kappa shape index (κ2) is 9.92. The van der Waals surface area contributed by atoms with Gasteiger partial charge in [0, 0.05) is 56.9 Å². The number of anilines is 3. The second-order valence-electron chi connectivity index (χ2n) is 8.13. The van der Waals surface area contributed by atoms with Crippen LogP contribution in [0.25, 0.3) is 0 Å². The predicted molar refractivity (Wildman–Crippen MR) is 121 cm³/mol. The van der Waals surface area contributed by atoms with E-state index in [1.54, 1.807) is 12.1 Å². The van der Waals surface area contributed by atoms with Gasteiger partial charge in [0.25, 0.3) is 0 Å². The van der Waals surface area contributed by atoms with Crippen molar-refractivity contribution in [3.8, 4) is 0 Å². The van der Waals surface area contributed by atoms with Crippen LogP contribution in [0, 0.1) is 5.82 Å². The number of nitrogens with one attached hydrogen (secondary N) is 1. The lowest BCUT2D eigenvalue weighted by Gasteiger charge is -2.36. The van der Waals surface area contributed by atoms with Gasteiger partial charge in [-0.3, -0.25) is 14.5 Å². The van der Waals surface area contributed by atoms with Gasteiger partial charge < -0.3 is 15.1 Å². The van der Waals surface area contributed by atoms with E-state index in [9.17, 15) is 14.0 Å². The number of benzene rings is 2. The molecule has 0 bridgehead atoms. The highest BCUT2D eigenvalue weighted by molar-refractivity contribution is 5.96. The zero-order valence-electron chi connectivity index (χ0n) is 17.7. The van der Waals surface area contributed by atoms with Crippen LogP contribution in [-0.4, -0.2) is 56.0 Å². The Kier molecular flexibility index (Phi) is 6.82. The van der Waals surface area contributed by atoms with Crippen molar-refractivity contribution in [2.75, 3.05) is 54.4 Å². The van der Waals surface area contributed by atoms with Crippen molar-refractivity contribution in [3.63, 3.8) is 0 Å². The average molecular weight is 425 g/mol. The van der Waals surface area contributed by atoms with Gasteiger partial charge in [-0.25, -0.2) is 4.39 Å². The molecule has 2 fully saturated rings. The third kappa shape index (κ3) is 5.41. The van der Waals surface area contributed by atoms with E-state index in [0.29, 0.717) is 25.1 Å². The van der Waals surface area contributed by atoms with E-state index < -0.39 is 5.82 Å². The standard InChI is InChI=1S/C24H29FN4O2/c25-21-18-19(10-11-22(21)29-13-5-9-24(29)31)26-23(30)8-4-12-27-14-16-28(17-15-27)20-6-2-1-3-7-20/h1-3,6-7,10-11,18H,4-5,8-9,12-17H2,(H,26,30). The molecular weight excluding hydrogens is 395 g/mol. The minimum atomic E-state index is -0.482. The first-order valence-corrected chi connectivity index (χ1v) is 11.0. The average Bonchev–Trinajstić information content (AvgIpc) is 3.20. The molecule has 2 aliphatic heterocycles. The lowest BCUT2D eigenvalue weighted by atomic mass is 10.2. The van der Waals surface area contributed by atoms with Gasteiger partial charge in [-0.15, -0.1) is 0 Å². The van der Waals surface area contributed by atoms with Gasteiger partial charge in [0.15, 0.2) is 0 Å². The van der Waals surface area contributed by atoms with E-state index in [1.807, 2.05) is 6.07 Å². The molecule has 0 atom stereocenters. The zero-order valence-corrected chi connectivity index (χ0v) is 17.7. The monoisotopic (exact) mass is 424 g/mol. The molecule has 31 heavy (non-hydrogen) atoms. The maximum Gasteiger partial charge on any atom is 0.227 e. The number of nitrogens with zero attached hydrogens (tertiary/aromatic N) is 3. The van der Waals surface area contributed by atoms with Crippen LogP contribution in [-0.2, 0) is 9.59 Å². The van der Waals surface area contributed by atoms with Crippen LogP contribution < -0.4 is 15.1 Å². The van der Waals surface area contributed by atoms with Gasteiger partial charge in [0.1, 0.15) is 5.82 Å². The fraction of sp³-hybridized carbons (Fsp3) is 0.417. The van der Waals surface area contributed by atoms with Gasteiger partial charge in [0.2, 0.25) is 11.8 Å². The predicted octanol–water partition coefficient (Wildman–Crippen LogP) is 3.49. The highest BCUT2D eigenvalue weighted by Gasteiger charge is 2.24. The summed E-state index contributed by atoms with van der Waals surface area (Å²) in [6.07, 6.45) is 2.37. The lowest BCUT2D eigenvalue weighted by Crippen LogP contribution is -2.46. The molecule has 2 heterocycles. The third-order valence-electron chi connectivity index (χ3n) is 5.97. The minimum absolute atomic E-state index is 0.0553. The number of carbonyl (C=O) groups excluding carboxylic acids is 2. The topological polar surface area (TPSA) is 55.9 Å². The number of piperazine rings is 1. The SMILES string of the molecule is O=C(CCCN1CCN(c2ccccc2)CC1)Nc1ccc(N2CCCC2=O)c(F)c1. The molecule has 2 aromatic rings. The van der Waals surface area contributed by atoms with Crippen LogP contribution in [0.15, 0.2) is 48.5 Å². The molecule has 2 aromatic carbocycles. The Morgan fingerprint density at radius 1 is 1.00 bits per heavy atom. The number of halogens is 1. The largest absolute Gasteiger partial charge is 0.369 e. The Bertz CT molecular complexity index is 913. The number of rotatable bonds is 7. The number of hydrogen-bond donors (Lipinski definition) is 1. The molecule has 0 saturated carbocycles. The molecule has 7 heteroatoms. The summed E-state index contributed by atoms with van der Waals surface area (Å²) in [5, 5.41) is 2.77. The van der Waals surface area contributed by atoms with Gasteiger partial charge in [0.05, 0.1) is 5.69 Å². The molecule has 0 spiro atoms. The first kappa shape index (κ1) is 21.3. The van der Waals surface area contributed by atoms with Crippen molar-refractivity contribution < 1.29 is 14.0 Å². The van der Waals surface area contributed by atoms with E-state index in [0.717, 1.165) is 45.6 Å². The summed E-state index contributed by atoms with van der Waals surface area (Å²) >= 11 is 0. The van der Waals surface area contributed by atoms with E-state index in [1.165, 1.54) is 16.7 Å². The highest BCUT2D eigenvalue weighted by Crippen LogP contribution is 2.27. The third-order valence-corrected chi connectivity index (χ3v) is 5.97. The van der Waals surface area contributed by atoms with Crippen molar-refractivity contribution >= 4 is 28.9 Å². The van der Waals surface area contributed by atoms with Crippen LogP contribution in [0.5, 0.6) is 0 Å². The zero-order chi connectivity index (χ0) is 21.6. The van der Waals surface area contributed by atoms with Crippen LogP contribution in [0.3, 0.4) is 0 Å². The molecule has 2 saturated heterocycles. The normalized spacial score (nSPS) is 17.3. The summed E-state index contributed by atoms with van der Waals surface area (Å²) in [6, 6.07) is 14.9. The summed E-state index contributed by atoms with van der Waals surface area (Å²) < 4.78 is 14.4. The molecular formula is C24H29FN4O2. The molecule has 0 aliphatic carbocycles. The van der Waals surface area contributed by atoms with Crippen LogP contribution >= 0.6 is 0 Å². The van der Waals surface area contributed by atoms with Gasteiger partial charge in [-0.05, 0) is 49.7 Å². The molecule has 6 nitrogen and oxygen atoms in total. The van der Waals surface area contributed by atoms with Crippen LogP contribution in [0.4, 0.5) is 21.5 Å². The Hall–Kier alpha value is -2.93. The van der Waals surface area contributed by atoms with Gasteiger partial charge in [-0.1, -0.05) is 18.2 Å². The quantitative estimate of drug-likeness (QED) is 0.739. The van der Waals surface area contributed by atoms with Crippen molar-refractivity contribution in [1.29, 1.82) is 0 Å². The highest BCUT2D eigenvalue weighted by atomic mass is 19.1. The van der Waals surface area contributed by atoms with Crippen LogP contribution in [0.1, 0.15) is 25.7 Å². The van der Waals surface area contributed by atoms with Crippen molar-refractivity contribution in [2.24, 2.45) is 0 Å². The molecule has 0 radical (unpaired) electrons. The van der Waals surface area contributed by atoms with Gasteiger partial charge in [-0.2, -0.15) is 0 Å². The summed E-state index contributed by atoms with van der Waals surface area (Å²) in [5.41, 5.74) is 1.97. The summed E-state index contributed by atoms with van der Waals surface area (Å²) in [4.78, 5) is 30.3. The molecule has 1 N–H and O–H groups in total. The van der Waals surface area contributed by atoms with Gasteiger partial charge >= 0.3 is 0 Å². The second-order valence-corrected chi connectivity index (χ2v) is 8.13. The maximum atomic E-state index is 14.4. The Balaban J connectivity index is 1.19. The van der Waals surface area contributed by atoms with E-state index in [-0.39, 0.29) is 17.5 Å². The smallest absolute Gasteiger partial charge is 0.227 e. The van der Waals surface area contributed by atoms with E-state index in [4.69, 9.17) is 0 Å². The number of amides is 2. The Morgan fingerprint density at radius 3 is 2.45 bits per heavy atom. The van der Waals surface area contributed by atoms with Crippen molar-refractivity contribution in [1.82, 2.24) is 4.90 Å². The summed E-state index contributed by atoms with van der Waals surface area (Å²) in [6.45, 7) is 5.36. The van der Waals surface area contributed by atoms with E-state index >= 15 is 0 Å². The minimum Gasteiger partial charge on any atom is -0.369 e. The number of hydrogen-bond acceptors (Lipinski definition) is 4. The Labute approximate surface area is 182 Å². The fourth-order valence-electron chi connectivity index (χ4n) is 4.26. The van der Waals surface area contributed by atoms with E-state index in [2.05, 4.69) is 39.4 Å². The Morgan fingerprint density at radius 2 is 1.77 bits per heavy atom.